The molecule has 2 heterocycles. The van der Waals surface area contributed by atoms with Crippen molar-refractivity contribution < 1.29 is 14.3 Å². The van der Waals surface area contributed by atoms with Crippen LogP contribution in [0.3, 0.4) is 0 Å². The fourth-order valence-electron chi connectivity index (χ4n) is 3.38. The van der Waals surface area contributed by atoms with E-state index in [0.717, 1.165) is 25.1 Å². The zero-order chi connectivity index (χ0) is 20.1. The molecule has 6 nitrogen and oxygen atoms in total. The third kappa shape index (κ3) is 5.04. The molecule has 2 aromatic rings. The number of halogens is 1. The number of rotatable bonds is 6. The average molecular weight is 422 g/mol. The number of hydrogen-bond acceptors (Lipinski definition) is 5. The van der Waals surface area contributed by atoms with Crippen molar-refractivity contribution in [2.75, 3.05) is 33.8 Å². The molecule has 1 aromatic heterocycles. The Balaban J connectivity index is 1.69. The van der Waals surface area contributed by atoms with Gasteiger partial charge in [-0.1, -0.05) is 23.7 Å². The van der Waals surface area contributed by atoms with E-state index in [1.165, 1.54) is 29.5 Å². The van der Waals surface area contributed by atoms with Crippen LogP contribution in [0.4, 0.5) is 4.79 Å². The Morgan fingerprint density at radius 1 is 1.32 bits per heavy atom. The number of likely N-dealkylation sites (N-methyl/N-ethyl adjacent to an activating group) is 1. The first-order valence-electron chi connectivity index (χ1n) is 9.08. The second-order valence-electron chi connectivity index (χ2n) is 6.79. The van der Waals surface area contributed by atoms with E-state index in [1.54, 1.807) is 11.3 Å². The minimum absolute atomic E-state index is 0.0256. The van der Waals surface area contributed by atoms with E-state index in [9.17, 15) is 9.59 Å². The number of fused-ring (bicyclic) bond motifs is 1. The first-order valence-corrected chi connectivity index (χ1v) is 10.3. The molecule has 1 atom stereocenters. The van der Waals surface area contributed by atoms with Gasteiger partial charge in [0.25, 0.3) is 0 Å². The first kappa shape index (κ1) is 20.6. The van der Waals surface area contributed by atoms with Crippen LogP contribution in [0.1, 0.15) is 22.0 Å². The van der Waals surface area contributed by atoms with Gasteiger partial charge in [0.15, 0.2) is 0 Å². The van der Waals surface area contributed by atoms with Gasteiger partial charge in [-0.15, -0.1) is 11.3 Å². The summed E-state index contributed by atoms with van der Waals surface area (Å²) in [7, 11) is 2.83. The third-order valence-corrected chi connectivity index (χ3v) is 6.17. The second-order valence-corrected chi connectivity index (χ2v) is 8.22. The molecule has 0 spiro atoms. The van der Waals surface area contributed by atoms with E-state index in [-0.39, 0.29) is 18.5 Å². The van der Waals surface area contributed by atoms with Crippen molar-refractivity contribution in [3.8, 4) is 0 Å². The lowest BCUT2D eigenvalue weighted by Crippen LogP contribution is -2.43. The number of carbonyl (C=O) groups excluding carboxylic acids is 2. The van der Waals surface area contributed by atoms with Crippen LogP contribution in [0.25, 0.3) is 0 Å². The number of methoxy groups -OCH3 is 1. The Morgan fingerprint density at radius 2 is 2.07 bits per heavy atom. The van der Waals surface area contributed by atoms with E-state index in [0.29, 0.717) is 11.6 Å². The van der Waals surface area contributed by atoms with Crippen LogP contribution >= 0.6 is 22.9 Å². The highest BCUT2D eigenvalue weighted by atomic mass is 35.5. The Bertz CT molecular complexity index is 824. The molecule has 0 saturated carbocycles. The molecule has 150 valence electrons. The average Bonchev–Trinajstić information content (AvgIpc) is 3.16. The van der Waals surface area contributed by atoms with Crippen molar-refractivity contribution in [3.05, 3.63) is 56.7 Å². The maximum Gasteiger partial charge on any atom is 0.409 e. The molecular formula is C20H24ClN3O3S. The predicted octanol–water partition coefficient (Wildman–Crippen LogP) is 3.32. The van der Waals surface area contributed by atoms with Gasteiger partial charge in [0.1, 0.15) is 6.54 Å². The monoisotopic (exact) mass is 421 g/mol. The van der Waals surface area contributed by atoms with Crippen LogP contribution in [-0.2, 0) is 22.5 Å². The van der Waals surface area contributed by atoms with Gasteiger partial charge >= 0.3 is 6.09 Å². The molecule has 1 aromatic carbocycles. The summed E-state index contributed by atoms with van der Waals surface area (Å²) < 4.78 is 4.63. The Labute approximate surface area is 174 Å². The maximum absolute atomic E-state index is 12.3. The second kappa shape index (κ2) is 9.41. The summed E-state index contributed by atoms with van der Waals surface area (Å²) in [6.45, 7) is 2.19. The van der Waals surface area contributed by atoms with E-state index >= 15 is 0 Å². The lowest BCUT2D eigenvalue weighted by molar-refractivity contribution is -0.122. The van der Waals surface area contributed by atoms with Crippen molar-refractivity contribution in [2.24, 2.45) is 0 Å². The number of nitrogens with one attached hydrogen (secondary N) is 1. The Kier molecular flexibility index (Phi) is 6.93. The number of thiophene rings is 1. The SMILES string of the molecule is COC(=O)N(C)CC(=O)NC[C@H](c1ccc(Cl)cc1)N1CCc2sccc2C1. The lowest BCUT2D eigenvalue weighted by Gasteiger charge is -2.35. The summed E-state index contributed by atoms with van der Waals surface area (Å²) >= 11 is 7.85. The minimum atomic E-state index is -0.537. The zero-order valence-corrected chi connectivity index (χ0v) is 17.6. The number of carbonyl (C=O) groups is 2. The zero-order valence-electron chi connectivity index (χ0n) is 16.0. The van der Waals surface area contributed by atoms with Crippen molar-refractivity contribution in [1.29, 1.82) is 0 Å². The largest absolute Gasteiger partial charge is 0.453 e. The number of amides is 2. The van der Waals surface area contributed by atoms with Crippen molar-refractivity contribution in [1.82, 2.24) is 15.1 Å². The van der Waals surface area contributed by atoms with Gasteiger partial charge in [-0.25, -0.2) is 4.79 Å². The maximum atomic E-state index is 12.3. The van der Waals surface area contributed by atoms with E-state index in [4.69, 9.17) is 11.6 Å². The molecule has 2 amide bonds. The molecule has 0 radical (unpaired) electrons. The van der Waals surface area contributed by atoms with Crippen molar-refractivity contribution >= 4 is 34.9 Å². The summed E-state index contributed by atoms with van der Waals surface area (Å²) in [6.07, 6.45) is 0.473. The highest BCUT2D eigenvalue weighted by Gasteiger charge is 2.26. The molecule has 1 N–H and O–H groups in total. The molecule has 0 bridgehead atoms. The molecular weight excluding hydrogens is 398 g/mol. The molecule has 8 heteroatoms. The molecule has 1 aliphatic rings. The summed E-state index contributed by atoms with van der Waals surface area (Å²) in [6, 6.07) is 9.95. The first-order chi connectivity index (χ1) is 13.5. The normalized spacial score (nSPS) is 14.8. The highest BCUT2D eigenvalue weighted by molar-refractivity contribution is 7.10. The molecule has 0 saturated heterocycles. The Morgan fingerprint density at radius 3 is 2.79 bits per heavy atom. The summed E-state index contributed by atoms with van der Waals surface area (Å²) in [5, 5.41) is 5.78. The molecule has 0 aliphatic carbocycles. The number of ether oxygens (including phenoxy) is 1. The van der Waals surface area contributed by atoms with Gasteiger partial charge < -0.3 is 15.0 Å². The molecule has 3 rings (SSSR count). The third-order valence-electron chi connectivity index (χ3n) is 4.89. The van der Waals surface area contributed by atoms with Crippen LogP contribution in [0.2, 0.25) is 5.02 Å². The van der Waals surface area contributed by atoms with Gasteiger partial charge in [0, 0.05) is 36.6 Å². The topological polar surface area (TPSA) is 61.9 Å². The molecule has 0 unspecified atom stereocenters. The van der Waals surface area contributed by atoms with Crippen molar-refractivity contribution in [2.45, 2.75) is 19.0 Å². The van der Waals surface area contributed by atoms with Gasteiger partial charge in [-0.05, 0) is 41.1 Å². The fraction of sp³-hybridized carbons (Fsp3) is 0.400. The van der Waals surface area contributed by atoms with Gasteiger partial charge in [0.2, 0.25) is 5.91 Å². The highest BCUT2D eigenvalue weighted by Crippen LogP contribution is 2.30. The summed E-state index contributed by atoms with van der Waals surface area (Å²) in [5.74, 6) is -0.222. The van der Waals surface area contributed by atoms with E-state index in [1.807, 2.05) is 24.3 Å². The minimum Gasteiger partial charge on any atom is -0.453 e. The Hall–Kier alpha value is -2.09. The smallest absolute Gasteiger partial charge is 0.409 e. The standard InChI is InChI=1S/C20H24ClN3O3S/c1-23(20(26)27-2)13-19(25)22-11-17(14-3-5-16(21)6-4-14)24-9-7-18-15(12-24)8-10-28-18/h3-6,8,10,17H,7,9,11-13H2,1-2H3,(H,22,25)/t17-/m1/s1. The number of benzene rings is 1. The molecule has 1 aliphatic heterocycles. The van der Waals surface area contributed by atoms with Crippen LogP contribution in [-0.4, -0.2) is 55.6 Å². The number of nitrogens with zero attached hydrogens (tertiary/aromatic N) is 2. The lowest BCUT2D eigenvalue weighted by atomic mass is 10.0. The van der Waals surface area contributed by atoms with Crippen molar-refractivity contribution in [3.63, 3.8) is 0 Å². The van der Waals surface area contributed by atoms with Gasteiger partial charge in [0.05, 0.1) is 13.2 Å². The van der Waals surface area contributed by atoms with Crippen LogP contribution in [0.5, 0.6) is 0 Å². The predicted molar refractivity (Wildman–Crippen MR) is 111 cm³/mol. The van der Waals surface area contributed by atoms with Gasteiger partial charge in [-0.3, -0.25) is 9.69 Å². The molecule has 0 fully saturated rings. The number of hydrogen-bond donors (Lipinski definition) is 1. The van der Waals surface area contributed by atoms with Crippen LogP contribution in [0, 0.1) is 0 Å². The van der Waals surface area contributed by atoms with Crippen LogP contribution < -0.4 is 5.32 Å². The summed E-state index contributed by atoms with van der Waals surface area (Å²) in [5.41, 5.74) is 2.46. The quantitative estimate of drug-likeness (QED) is 0.777. The summed E-state index contributed by atoms with van der Waals surface area (Å²) in [4.78, 5) is 28.8. The van der Waals surface area contributed by atoms with E-state index in [2.05, 4.69) is 26.4 Å². The van der Waals surface area contributed by atoms with E-state index < -0.39 is 6.09 Å². The molecule has 28 heavy (non-hydrogen) atoms. The van der Waals surface area contributed by atoms with Gasteiger partial charge in [-0.2, -0.15) is 0 Å². The fourth-order valence-corrected chi connectivity index (χ4v) is 4.40. The van der Waals surface area contributed by atoms with Crippen LogP contribution in [0.15, 0.2) is 35.7 Å².